The molecule has 50 heavy (non-hydrogen) atoms. The van der Waals surface area contributed by atoms with Crippen molar-refractivity contribution in [2.45, 2.75) is 0 Å². The van der Waals surface area contributed by atoms with E-state index in [-0.39, 0.29) is 0 Å². The highest BCUT2D eigenvalue weighted by Gasteiger charge is 2.22. The smallest absolute Gasteiger partial charge is 0.164 e. The van der Waals surface area contributed by atoms with Gasteiger partial charge in [-0.05, 0) is 34.9 Å². The second kappa shape index (κ2) is 11.4. The van der Waals surface area contributed by atoms with Gasteiger partial charge in [0.05, 0.1) is 0 Å². The maximum atomic E-state index is 6.53. The van der Waals surface area contributed by atoms with Gasteiger partial charge < -0.3 is 8.83 Å². The average Bonchev–Trinajstić information content (AvgIpc) is 3.77. The average molecular weight is 642 g/mol. The lowest BCUT2D eigenvalue weighted by Gasteiger charge is -2.10. The van der Waals surface area contributed by atoms with E-state index in [1.54, 1.807) is 0 Å². The van der Waals surface area contributed by atoms with E-state index in [4.69, 9.17) is 23.8 Å². The predicted octanol–water partition coefficient (Wildman–Crippen LogP) is 12.0. The highest BCUT2D eigenvalue weighted by atomic mass is 16.3. The van der Waals surface area contributed by atoms with Gasteiger partial charge in [0, 0.05) is 43.8 Å². The maximum Gasteiger partial charge on any atom is 0.164 e. The predicted molar refractivity (Wildman–Crippen MR) is 202 cm³/mol. The highest BCUT2D eigenvalue weighted by molar-refractivity contribution is 6.20. The third-order valence-electron chi connectivity index (χ3n) is 9.38. The summed E-state index contributed by atoms with van der Waals surface area (Å²) in [6, 6.07) is 55.6. The van der Waals surface area contributed by atoms with Crippen LogP contribution in [0.15, 0.2) is 173 Å². The lowest BCUT2D eigenvalue weighted by Crippen LogP contribution is -2.00. The summed E-state index contributed by atoms with van der Waals surface area (Å²) in [5.41, 5.74) is 10.3. The van der Waals surface area contributed by atoms with Crippen LogP contribution in [-0.4, -0.2) is 15.0 Å². The summed E-state index contributed by atoms with van der Waals surface area (Å²) in [5.74, 6) is 1.78. The Morgan fingerprint density at radius 1 is 0.300 bits per heavy atom. The number of benzene rings is 7. The van der Waals surface area contributed by atoms with Gasteiger partial charge in [0.25, 0.3) is 0 Å². The standard InChI is InChI=1S/C45H27N3O2/c1-3-12-28(13-4-1)29-24-26-31(27-25-29)44-46-43(30-14-5-2-6-15-30)47-45(48-44)36-20-11-23-39-41(36)40-33(17-10-22-38(40)49-39)35-19-9-18-34-32-16-7-8-21-37(32)50-42(34)35/h1-27H. The van der Waals surface area contributed by atoms with Gasteiger partial charge in [-0.15, -0.1) is 0 Å². The molecule has 0 aliphatic carbocycles. The van der Waals surface area contributed by atoms with E-state index < -0.39 is 0 Å². The summed E-state index contributed by atoms with van der Waals surface area (Å²) in [6.45, 7) is 0. The summed E-state index contributed by atoms with van der Waals surface area (Å²) in [4.78, 5) is 15.2. The molecule has 0 spiro atoms. The van der Waals surface area contributed by atoms with Crippen LogP contribution in [0.3, 0.4) is 0 Å². The third kappa shape index (κ3) is 4.60. The summed E-state index contributed by atoms with van der Waals surface area (Å²) in [6.07, 6.45) is 0. The first-order valence-electron chi connectivity index (χ1n) is 16.6. The number of hydrogen-bond acceptors (Lipinski definition) is 5. The fourth-order valence-corrected chi connectivity index (χ4v) is 7.02. The first kappa shape index (κ1) is 28.2. The molecule has 0 N–H and O–H groups in total. The van der Waals surface area contributed by atoms with Crippen LogP contribution in [0.4, 0.5) is 0 Å². The van der Waals surface area contributed by atoms with Crippen LogP contribution in [0.25, 0.3) is 100 Å². The van der Waals surface area contributed by atoms with Gasteiger partial charge in [-0.1, -0.05) is 146 Å². The fourth-order valence-electron chi connectivity index (χ4n) is 7.02. The molecule has 7 aromatic carbocycles. The minimum absolute atomic E-state index is 0.575. The Morgan fingerprint density at radius 2 is 0.780 bits per heavy atom. The lowest BCUT2D eigenvalue weighted by atomic mass is 9.95. The molecule has 0 radical (unpaired) electrons. The summed E-state index contributed by atoms with van der Waals surface area (Å²) < 4.78 is 13.0. The van der Waals surface area contributed by atoms with E-state index in [0.717, 1.165) is 82.8 Å². The molecule has 0 bridgehead atoms. The highest BCUT2D eigenvalue weighted by Crippen LogP contribution is 2.44. The van der Waals surface area contributed by atoms with E-state index in [9.17, 15) is 0 Å². The Hall–Kier alpha value is -6.85. The monoisotopic (exact) mass is 641 g/mol. The zero-order chi connectivity index (χ0) is 33.0. The topological polar surface area (TPSA) is 65.0 Å². The van der Waals surface area contributed by atoms with E-state index in [1.807, 2.05) is 78.9 Å². The second-order valence-electron chi connectivity index (χ2n) is 12.4. The van der Waals surface area contributed by atoms with Crippen molar-refractivity contribution in [2.75, 3.05) is 0 Å². The van der Waals surface area contributed by atoms with Crippen LogP contribution in [-0.2, 0) is 0 Å². The summed E-state index contributed by atoms with van der Waals surface area (Å²) in [5, 5.41) is 4.11. The Morgan fingerprint density at radius 3 is 1.52 bits per heavy atom. The molecule has 0 saturated carbocycles. The number of furan rings is 2. The van der Waals surface area contributed by atoms with Crippen LogP contribution >= 0.6 is 0 Å². The van der Waals surface area contributed by atoms with Gasteiger partial charge in [0.2, 0.25) is 0 Å². The Labute approximate surface area is 287 Å². The molecule has 3 heterocycles. The van der Waals surface area contributed by atoms with Gasteiger partial charge in [0.15, 0.2) is 17.5 Å². The molecule has 0 amide bonds. The summed E-state index contributed by atoms with van der Waals surface area (Å²) in [7, 11) is 0. The first-order chi connectivity index (χ1) is 24.8. The van der Waals surface area contributed by atoms with Crippen LogP contribution in [0, 0.1) is 0 Å². The van der Waals surface area contributed by atoms with Crippen molar-refractivity contribution in [2.24, 2.45) is 0 Å². The fraction of sp³-hybridized carbons (Fsp3) is 0. The number of nitrogens with zero attached hydrogens (tertiary/aromatic N) is 3. The molecular formula is C45H27N3O2. The van der Waals surface area contributed by atoms with E-state index in [1.165, 1.54) is 0 Å². The van der Waals surface area contributed by atoms with Crippen LogP contribution in [0.1, 0.15) is 0 Å². The SMILES string of the molecule is c1ccc(-c2ccc(-c3nc(-c4ccccc4)nc(-c4cccc5oc6cccc(-c7cccc8c7oc7ccccc78)c6c45)n3)cc2)cc1. The van der Waals surface area contributed by atoms with Crippen molar-refractivity contribution >= 4 is 43.9 Å². The largest absolute Gasteiger partial charge is 0.456 e. The van der Waals surface area contributed by atoms with Gasteiger partial charge >= 0.3 is 0 Å². The quantitative estimate of drug-likeness (QED) is 0.187. The van der Waals surface area contributed by atoms with Crippen LogP contribution in [0.5, 0.6) is 0 Å². The molecule has 0 atom stereocenters. The van der Waals surface area contributed by atoms with E-state index in [2.05, 4.69) is 84.9 Å². The number of fused-ring (bicyclic) bond motifs is 6. The van der Waals surface area contributed by atoms with Crippen molar-refractivity contribution in [1.29, 1.82) is 0 Å². The normalized spacial score (nSPS) is 11.6. The number of hydrogen-bond donors (Lipinski definition) is 0. The number of aromatic nitrogens is 3. The van der Waals surface area contributed by atoms with Gasteiger partial charge in [0.1, 0.15) is 22.3 Å². The molecule has 10 aromatic rings. The van der Waals surface area contributed by atoms with Crippen molar-refractivity contribution < 1.29 is 8.83 Å². The molecular weight excluding hydrogens is 615 g/mol. The minimum Gasteiger partial charge on any atom is -0.456 e. The minimum atomic E-state index is 0.575. The molecule has 0 saturated heterocycles. The molecule has 5 heteroatoms. The molecule has 234 valence electrons. The van der Waals surface area contributed by atoms with Gasteiger partial charge in [-0.25, -0.2) is 15.0 Å². The lowest BCUT2D eigenvalue weighted by molar-refractivity contribution is 0.668. The van der Waals surface area contributed by atoms with E-state index >= 15 is 0 Å². The number of para-hydroxylation sites is 2. The zero-order valence-electron chi connectivity index (χ0n) is 26.7. The molecule has 5 nitrogen and oxygen atoms in total. The number of rotatable bonds is 5. The zero-order valence-corrected chi connectivity index (χ0v) is 26.7. The molecule has 10 rings (SSSR count). The van der Waals surface area contributed by atoms with E-state index in [0.29, 0.717) is 17.5 Å². The maximum absolute atomic E-state index is 6.53. The molecule has 0 unspecified atom stereocenters. The van der Waals surface area contributed by atoms with Crippen LogP contribution in [0.2, 0.25) is 0 Å². The molecule has 0 aliphatic heterocycles. The Balaban J connectivity index is 1.20. The Kier molecular flexibility index (Phi) is 6.42. The summed E-state index contributed by atoms with van der Waals surface area (Å²) >= 11 is 0. The third-order valence-corrected chi connectivity index (χ3v) is 9.38. The first-order valence-corrected chi connectivity index (χ1v) is 16.6. The molecule has 3 aromatic heterocycles. The molecule has 0 aliphatic rings. The van der Waals surface area contributed by atoms with Crippen LogP contribution < -0.4 is 0 Å². The Bertz CT molecular complexity index is 2850. The van der Waals surface area contributed by atoms with Gasteiger partial charge in [-0.3, -0.25) is 0 Å². The molecule has 0 fully saturated rings. The van der Waals surface area contributed by atoms with Crippen molar-refractivity contribution in [3.05, 3.63) is 164 Å². The van der Waals surface area contributed by atoms with Crippen molar-refractivity contribution in [3.63, 3.8) is 0 Å². The van der Waals surface area contributed by atoms with Crippen molar-refractivity contribution in [1.82, 2.24) is 15.0 Å². The van der Waals surface area contributed by atoms with Gasteiger partial charge in [-0.2, -0.15) is 0 Å². The van der Waals surface area contributed by atoms with Crippen molar-refractivity contribution in [3.8, 4) is 56.4 Å². The second-order valence-corrected chi connectivity index (χ2v) is 12.4.